The van der Waals surface area contributed by atoms with E-state index in [0.717, 1.165) is 45.1 Å². The van der Waals surface area contributed by atoms with Crippen molar-refractivity contribution in [3.05, 3.63) is 29.1 Å². The van der Waals surface area contributed by atoms with E-state index in [0.29, 0.717) is 6.04 Å². The van der Waals surface area contributed by atoms with Gasteiger partial charge in [0.25, 0.3) is 0 Å². The Morgan fingerprint density at radius 2 is 2.11 bits per heavy atom. The lowest BCUT2D eigenvalue weighted by Crippen LogP contribution is -2.44. The van der Waals surface area contributed by atoms with Gasteiger partial charge >= 0.3 is 0 Å². The molecule has 2 rings (SSSR count). The van der Waals surface area contributed by atoms with E-state index < -0.39 is 0 Å². The highest BCUT2D eigenvalue weighted by molar-refractivity contribution is 5.22. The Kier molecular flexibility index (Phi) is 5.31. The van der Waals surface area contributed by atoms with E-state index >= 15 is 0 Å². The molecule has 0 aromatic carbocycles. The summed E-state index contributed by atoms with van der Waals surface area (Å²) < 4.78 is 5.36. The lowest BCUT2D eigenvalue weighted by atomic mass is 10.1. The van der Waals surface area contributed by atoms with E-state index in [9.17, 15) is 0 Å². The van der Waals surface area contributed by atoms with E-state index in [1.54, 1.807) is 0 Å². The number of pyridine rings is 1. The van der Waals surface area contributed by atoms with Crippen LogP contribution in [-0.2, 0) is 11.3 Å². The molecule has 4 heteroatoms. The maximum absolute atomic E-state index is 5.36. The summed E-state index contributed by atoms with van der Waals surface area (Å²) in [5.41, 5.74) is 3.64. The minimum Gasteiger partial charge on any atom is -0.379 e. The normalized spacial score (nSPS) is 18.5. The number of aryl methyl sites for hydroxylation is 2. The summed E-state index contributed by atoms with van der Waals surface area (Å²) >= 11 is 0. The summed E-state index contributed by atoms with van der Waals surface area (Å²) in [5, 5.41) is 3.57. The van der Waals surface area contributed by atoms with Crippen molar-refractivity contribution >= 4 is 0 Å². The number of rotatable bonds is 5. The van der Waals surface area contributed by atoms with Gasteiger partial charge in [-0.3, -0.25) is 9.88 Å². The smallest absolute Gasteiger partial charge is 0.0594 e. The van der Waals surface area contributed by atoms with Crippen LogP contribution in [0.4, 0.5) is 0 Å². The summed E-state index contributed by atoms with van der Waals surface area (Å²) in [5.74, 6) is 0. The van der Waals surface area contributed by atoms with Crippen LogP contribution in [-0.4, -0.2) is 48.8 Å². The number of morpholine rings is 1. The van der Waals surface area contributed by atoms with Crippen molar-refractivity contribution in [2.75, 3.05) is 32.8 Å². The molecule has 0 saturated carbocycles. The van der Waals surface area contributed by atoms with Gasteiger partial charge in [-0.2, -0.15) is 0 Å². The second-order valence-electron chi connectivity index (χ2n) is 5.44. The summed E-state index contributed by atoms with van der Waals surface area (Å²) in [4.78, 5) is 6.86. The van der Waals surface area contributed by atoms with Gasteiger partial charge in [0.15, 0.2) is 0 Å². The van der Waals surface area contributed by atoms with Crippen LogP contribution in [0.1, 0.15) is 23.7 Å². The quantitative estimate of drug-likeness (QED) is 0.874. The molecule has 0 bridgehead atoms. The fraction of sp³-hybridized carbons (Fsp3) is 0.667. The van der Waals surface area contributed by atoms with Gasteiger partial charge in [0.05, 0.1) is 13.2 Å². The Balaban J connectivity index is 1.75. The van der Waals surface area contributed by atoms with E-state index in [-0.39, 0.29) is 0 Å². The first kappa shape index (κ1) is 14.4. The lowest BCUT2D eigenvalue weighted by Gasteiger charge is -2.29. The van der Waals surface area contributed by atoms with Crippen molar-refractivity contribution < 1.29 is 4.74 Å². The first-order valence-electron chi connectivity index (χ1n) is 7.11. The molecule has 0 amide bonds. The van der Waals surface area contributed by atoms with Crippen LogP contribution in [0.5, 0.6) is 0 Å². The third-order valence-corrected chi connectivity index (χ3v) is 3.69. The summed E-state index contributed by atoms with van der Waals surface area (Å²) in [6.07, 6.45) is 1.97. The Bertz CT molecular complexity index is 402. The number of nitrogens with one attached hydrogen (secondary N) is 1. The van der Waals surface area contributed by atoms with Gasteiger partial charge in [-0.1, -0.05) is 6.07 Å². The third-order valence-electron chi connectivity index (χ3n) is 3.69. The SMILES string of the molecule is Cc1cc(CNC(C)CN2CCOCC2)cnc1C. The van der Waals surface area contributed by atoms with Gasteiger partial charge in [-0.25, -0.2) is 0 Å². The van der Waals surface area contributed by atoms with Gasteiger partial charge in [0.2, 0.25) is 0 Å². The highest BCUT2D eigenvalue weighted by atomic mass is 16.5. The summed E-state index contributed by atoms with van der Waals surface area (Å²) in [6, 6.07) is 2.70. The monoisotopic (exact) mass is 263 g/mol. The Labute approximate surface area is 116 Å². The molecule has 19 heavy (non-hydrogen) atoms. The third kappa shape index (κ3) is 4.56. The zero-order valence-corrected chi connectivity index (χ0v) is 12.3. The van der Waals surface area contributed by atoms with Crippen LogP contribution >= 0.6 is 0 Å². The molecule has 106 valence electrons. The average molecular weight is 263 g/mol. The average Bonchev–Trinajstić information content (AvgIpc) is 2.41. The van der Waals surface area contributed by atoms with Crippen molar-refractivity contribution in [1.82, 2.24) is 15.2 Å². The molecule has 1 aliphatic heterocycles. The summed E-state index contributed by atoms with van der Waals surface area (Å²) in [6.45, 7) is 12.2. The zero-order valence-electron chi connectivity index (χ0n) is 12.3. The van der Waals surface area contributed by atoms with Crippen LogP contribution in [0.2, 0.25) is 0 Å². The molecule has 1 aromatic heterocycles. The van der Waals surface area contributed by atoms with Crippen molar-refractivity contribution in [3.63, 3.8) is 0 Å². The van der Waals surface area contributed by atoms with Crippen molar-refractivity contribution in [2.45, 2.75) is 33.4 Å². The van der Waals surface area contributed by atoms with Gasteiger partial charge in [0.1, 0.15) is 0 Å². The minimum atomic E-state index is 0.486. The number of aromatic nitrogens is 1. The van der Waals surface area contributed by atoms with Crippen molar-refractivity contribution in [2.24, 2.45) is 0 Å². The first-order valence-corrected chi connectivity index (χ1v) is 7.11. The lowest BCUT2D eigenvalue weighted by molar-refractivity contribution is 0.0343. The van der Waals surface area contributed by atoms with Crippen LogP contribution in [0.3, 0.4) is 0 Å². The molecule has 0 spiro atoms. The van der Waals surface area contributed by atoms with Gasteiger partial charge in [-0.05, 0) is 31.9 Å². The molecular weight excluding hydrogens is 238 g/mol. The van der Waals surface area contributed by atoms with Crippen LogP contribution in [0.15, 0.2) is 12.3 Å². The molecule has 1 aromatic rings. The maximum Gasteiger partial charge on any atom is 0.0594 e. The molecule has 4 nitrogen and oxygen atoms in total. The Morgan fingerprint density at radius 1 is 1.37 bits per heavy atom. The van der Waals surface area contributed by atoms with E-state index in [4.69, 9.17) is 4.74 Å². The van der Waals surface area contributed by atoms with Crippen molar-refractivity contribution in [3.8, 4) is 0 Å². The molecule has 1 N–H and O–H groups in total. The van der Waals surface area contributed by atoms with Gasteiger partial charge in [0, 0.05) is 44.1 Å². The molecule has 1 saturated heterocycles. The molecule has 0 aliphatic carbocycles. The van der Waals surface area contributed by atoms with Crippen LogP contribution < -0.4 is 5.32 Å². The fourth-order valence-electron chi connectivity index (χ4n) is 2.33. The fourth-order valence-corrected chi connectivity index (χ4v) is 2.33. The van der Waals surface area contributed by atoms with Crippen molar-refractivity contribution in [1.29, 1.82) is 0 Å². The molecule has 1 fully saturated rings. The first-order chi connectivity index (χ1) is 9.15. The van der Waals surface area contributed by atoms with Crippen LogP contribution in [0.25, 0.3) is 0 Å². The predicted octanol–water partition coefficient (Wildman–Crippen LogP) is 1.51. The second kappa shape index (κ2) is 6.98. The largest absolute Gasteiger partial charge is 0.379 e. The predicted molar refractivity (Wildman–Crippen MR) is 77.3 cm³/mol. The van der Waals surface area contributed by atoms with Gasteiger partial charge < -0.3 is 10.1 Å². The number of hydrogen-bond donors (Lipinski definition) is 1. The molecule has 1 atom stereocenters. The molecular formula is C15H25N3O. The minimum absolute atomic E-state index is 0.486. The number of hydrogen-bond acceptors (Lipinski definition) is 4. The maximum atomic E-state index is 5.36. The van der Waals surface area contributed by atoms with Crippen LogP contribution in [0, 0.1) is 13.8 Å². The van der Waals surface area contributed by atoms with E-state index in [2.05, 4.69) is 35.1 Å². The molecule has 1 aliphatic rings. The number of nitrogens with zero attached hydrogens (tertiary/aromatic N) is 2. The Hall–Kier alpha value is -0.970. The highest BCUT2D eigenvalue weighted by Gasteiger charge is 2.13. The Morgan fingerprint density at radius 3 is 2.79 bits per heavy atom. The van der Waals surface area contributed by atoms with E-state index in [1.807, 2.05) is 13.1 Å². The molecule has 0 radical (unpaired) electrons. The topological polar surface area (TPSA) is 37.4 Å². The van der Waals surface area contributed by atoms with Gasteiger partial charge in [-0.15, -0.1) is 0 Å². The highest BCUT2D eigenvalue weighted by Crippen LogP contribution is 2.06. The molecule has 1 unspecified atom stereocenters. The standard InChI is InChI=1S/C15H25N3O/c1-12-8-15(10-17-14(12)3)9-16-13(2)11-18-4-6-19-7-5-18/h8,10,13,16H,4-7,9,11H2,1-3H3. The second-order valence-corrected chi connectivity index (χ2v) is 5.44. The molecule has 2 heterocycles. The number of ether oxygens (including phenoxy) is 1. The zero-order chi connectivity index (χ0) is 13.7. The summed E-state index contributed by atoms with van der Waals surface area (Å²) in [7, 11) is 0. The van der Waals surface area contributed by atoms with E-state index in [1.165, 1.54) is 11.1 Å².